The third kappa shape index (κ3) is 4.38. The Morgan fingerprint density at radius 1 is 1.36 bits per heavy atom. The second-order valence-corrected chi connectivity index (χ2v) is 5.17. The summed E-state index contributed by atoms with van der Waals surface area (Å²) >= 11 is 5.63. The normalized spacial score (nSPS) is 17.3. The fourth-order valence-corrected chi connectivity index (χ4v) is 2.20. The fraction of sp³-hybridized carbons (Fsp3) is 0.429. The van der Waals surface area contributed by atoms with Crippen LogP contribution in [0.5, 0.6) is 0 Å². The van der Waals surface area contributed by atoms with E-state index in [-0.39, 0.29) is 16.7 Å². The molecular weight excluding hydrogens is 320 g/mol. The lowest BCUT2D eigenvalue weighted by Gasteiger charge is -2.11. The first-order valence-electron chi connectivity index (χ1n) is 6.67. The van der Waals surface area contributed by atoms with Crippen LogP contribution in [0.3, 0.4) is 0 Å². The summed E-state index contributed by atoms with van der Waals surface area (Å²) < 4.78 is 36.0. The predicted octanol–water partition coefficient (Wildman–Crippen LogP) is 2.07. The van der Waals surface area contributed by atoms with Gasteiger partial charge < -0.3 is 14.8 Å². The molecule has 0 unspecified atom stereocenters. The van der Waals surface area contributed by atoms with Crippen molar-refractivity contribution in [2.45, 2.75) is 18.9 Å². The topological polar surface area (TPSA) is 64.6 Å². The van der Waals surface area contributed by atoms with Crippen molar-refractivity contribution in [2.24, 2.45) is 0 Å². The van der Waals surface area contributed by atoms with Crippen LogP contribution < -0.4 is 5.32 Å². The Labute approximate surface area is 130 Å². The van der Waals surface area contributed by atoms with Crippen molar-refractivity contribution in [3.63, 3.8) is 0 Å². The van der Waals surface area contributed by atoms with Gasteiger partial charge in [-0.3, -0.25) is 4.79 Å². The van der Waals surface area contributed by atoms with E-state index < -0.39 is 30.1 Å². The Morgan fingerprint density at radius 2 is 2.09 bits per heavy atom. The average molecular weight is 334 g/mol. The highest BCUT2D eigenvalue weighted by atomic mass is 35.5. The molecule has 0 spiro atoms. The van der Waals surface area contributed by atoms with Gasteiger partial charge in [0.2, 0.25) is 0 Å². The number of nitrogens with one attached hydrogen (secondary N) is 1. The number of rotatable bonds is 5. The lowest BCUT2D eigenvalue weighted by atomic mass is 10.2. The van der Waals surface area contributed by atoms with Crippen molar-refractivity contribution in [1.82, 2.24) is 5.32 Å². The quantitative estimate of drug-likeness (QED) is 0.662. The fourth-order valence-electron chi connectivity index (χ4n) is 1.97. The molecule has 0 saturated carbocycles. The molecule has 1 aromatic carbocycles. The zero-order valence-electron chi connectivity index (χ0n) is 11.5. The monoisotopic (exact) mass is 333 g/mol. The molecule has 1 N–H and O–H groups in total. The molecule has 1 aliphatic rings. The Hall–Kier alpha value is -1.73. The van der Waals surface area contributed by atoms with Crippen LogP contribution in [-0.2, 0) is 14.3 Å². The van der Waals surface area contributed by atoms with E-state index in [2.05, 4.69) is 5.32 Å². The third-order valence-electron chi connectivity index (χ3n) is 3.12. The highest BCUT2D eigenvalue weighted by Gasteiger charge is 2.19. The van der Waals surface area contributed by atoms with Crippen LogP contribution >= 0.6 is 11.6 Å². The zero-order valence-corrected chi connectivity index (χ0v) is 12.3. The molecule has 1 saturated heterocycles. The van der Waals surface area contributed by atoms with Gasteiger partial charge in [0, 0.05) is 13.2 Å². The van der Waals surface area contributed by atoms with E-state index in [0.29, 0.717) is 25.3 Å². The molecule has 1 atom stereocenters. The van der Waals surface area contributed by atoms with E-state index in [1.165, 1.54) is 0 Å². The standard InChI is InChI=1S/C14H14ClF2NO4/c15-10-5-12(17)11(16)4-9(10)14(20)22-7-13(19)18-6-8-2-1-3-21-8/h4-5,8H,1-3,6-7H2,(H,18,19)/t8-/m1/s1. The van der Waals surface area contributed by atoms with E-state index in [1.54, 1.807) is 0 Å². The number of halogens is 3. The van der Waals surface area contributed by atoms with Gasteiger partial charge in [-0.1, -0.05) is 11.6 Å². The average Bonchev–Trinajstić information content (AvgIpc) is 2.99. The lowest BCUT2D eigenvalue weighted by Crippen LogP contribution is -2.34. The van der Waals surface area contributed by atoms with Crippen LogP contribution in [-0.4, -0.2) is 37.7 Å². The van der Waals surface area contributed by atoms with Crippen LogP contribution in [0.15, 0.2) is 12.1 Å². The number of hydrogen-bond donors (Lipinski definition) is 1. The summed E-state index contributed by atoms with van der Waals surface area (Å²) in [4.78, 5) is 23.2. The summed E-state index contributed by atoms with van der Waals surface area (Å²) in [5, 5.41) is 2.27. The Balaban J connectivity index is 1.81. The molecular formula is C14H14ClF2NO4. The van der Waals surface area contributed by atoms with Gasteiger partial charge in [-0.15, -0.1) is 0 Å². The highest BCUT2D eigenvalue weighted by molar-refractivity contribution is 6.33. The van der Waals surface area contributed by atoms with Gasteiger partial charge in [0.15, 0.2) is 18.2 Å². The molecule has 1 amide bonds. The Bertz CT molecular complexity index is 576. The first-order chi connectivity index (χ1) is 10.5. The summed E-state index contributed by atoms with van der Waals surface area (Å²) in [5.41, 5.74) is -0.340. The first kappa shape index (κ1) is 16.6. The van der Waals surface area contributed by atoms with Crippen molar-refractivity contribution in [3.05, 3.63) is 34.4 Å². The highest BCUT2D eigenvalue weighted by Crippen LogP contribution is 2.20. The maximum Gasteiger partial charge on any atom is 0.340 e. The minimum atomic E-state index is -1.22. The van der Waals surface area contributed by atoms with Crippen molar-refractivity contribution in [3.8, 4) is 0 Å². The van der Waals surface area contributed by atoms with Gasteiger partial charge in [-0.2, -0.15) is 0 Å². The minimum Gasteiger partial charge on any atom is -0.452 e. The smallest absolute Gasteiger partial charge is 0.340 e. The van der Waals surface area contributed by atoms with E-state index in [9.17, 15) is 18.4 Å². The molecule has 120 valence electrons. The van der Waals surface area contributed by atoms with Gasteiger partial charge in [0.05, 0.1) is 16.7 Å². The van der Waals surface area contributed by atoms with Crippen molar-refractivity contribution >= 4 is 23.5 Å². The molecule has 8 heteroatoms. The molecule has 0 radical (unpaired) electrons. The second-order valence-electron chi connectivity index (χ2n) is 4.76. The lowest BCUT2D eigenvalue weighted by molar-refractivity contribution is -0.124. The van der Waals surface area contributed by atoms with Gasteiger partial charge in [0.1, 0.15) is 0 Å². The molecule has 1 aliphatic heterocycles. The third-order valence-corrected chi connectivity index (χ3v) is 3.43. The van der Waals surface area contributed by atoms with E-state index in [0.717, 1.165) is 12.8 Å². The van der Waals surface area contributed by atoms with Gasteiger partial charge in [-0.25, -0.2) is 13.6 Å². The number of carbonyl (C=O) groups excluding carboxylic acids is 2. The van der Waals surface area contributed by atoms with Gasteiger partial charge >= 0.3 is 5.97 Å². The first-order valence-corrected chi connectivity index (χ1v) is 7.05. The van der Waals surface area contributed by atoms with Crippen molar-refractivity contribution in [1.29, 1.82) is 0 Å². The maximum atomic E-state index is 13.1. The van der Waals surface area contributed by atoms with Gasteiger partial charge in [0.25, 0.3) is 5.91 Å². The van der Waals surface area contributed by atoms with Crippen LogP contribution in [0, 0.1) is 11.6 Å². The van der Waals surface area contributed by atoms with Gasteiger partial charge in [-0.05, 0) is 25.0 Å². The summed E-state index contributed by atoms with van der Waals surface area (Å²) in [5.74, 6) is -3.91. The van der Waals surface area contributed by atoms with Crippen LogP contribution in [0.4, 0.5) is 8.78 Å². The molecule has 1 heterocycles. The van der Waals surface area contributed by atoms with E-state index in [4.69, 9.17) is 21.1 Å². The maximum absolute atomic E-state index is 13.1. The van der Waals surface area contributed by atoms with Crippen LogP contribution in [0.2, 0.25) is 5.02 Å². The summed E-state index contributed by atoms with van der Waals surface area (Å²) in [7, 11) is 0. The Kier molecular flexibility index (Phi) is 5.68. The second kappa shape index (κ2) is 7.51. The largest absolute Gasteiger partial charge is 0.452 e. The molecule has 1 aromatic rings. The Morgan fingerprint density at radius 3 is 2.77 bits per heavy atom. The number of esters is 1. The summed E-state index contributed by atoms with van der Waals surface area (Å²) in [6, 6.07) is 1.30. The van der Waals surface area contributed by atoms with Crippen molar-refractivity contribution in [2.75, 3.05) is 19.8 Å². The number of amides is 1. The molecule has 0 bridgehead atoms. The van der Waals surface area contributed by atoms with Crippen LogP contribution in [0.25, 0.3) is 0 Å². The van der Waals surface area contributed by atoms with E-state index >= 15 is 0 Å². The number of ether oxygens (including phenoxy) is 2. The van der Waals surface area contributed by atoms with Crippen LogP contribution in [0.1, 0.15) is 23.2 Å². The summed E-state index contributed by atoms with van der Waals surface area (Å²) in [6.45, 7) is 0.466. The zero-order chi connectivity index (χ0) is 16.1. The van der Waals surface area contributed by atoms with E-state index in [1.807, 2.05) is 0 Å². The molecule has 0 aromatic heterocycles. The van der Waals surface area contributed by atoms with Crippen molar-refractivity contribution < 1.29 is 27.8 Å². The molecule has 2 rings (SSSR count). The number of benzene rings is 1. The molecule has 5 nitrogen and oxygen atoms in total. The molecule has 1 fully saturated rings. The predicted molar refractivity (Wildman–Crippen MR) is 73.6 cm³/mol. The minimum absolute atomic E-state index is 0.0275. The number of hydrogen-bond acceptors (Lipinski definition) is 4. The SMILES string of the molecule is O=C(COC(=O)c1cc(F)c(F)cc1Cl)NC[C@H]1CCCO1. The molecule has 22 heavy (non-hydrogen) atoms. The number of carbonyl (C=O) groups is 2. The molecule has 0 aliphatic carbocycles. The summed E-state index contributed by atoms with van der Waals surface area (Å²) in [6.07, 6.45) is 1.79.